The first kappa shape index (κ1) is 11.6. The van der Waals surface area contributed by atoms with Crippen LogP contribution in [-0.2, 0) is 4.74 Å². The Bertz CT molecular complexity index is 596. The molecule has 2 aromatic heterocycles. The molecular formula is C11H14N5OP. The molecule has 0 bridgehead atoms. The van der Waals surface area contributed by atoms with Crippen molar-refractivity contribution in [1.29, 1.82) is 0 Å². The standard InChI is InChI=1S/C11H14N5OP/c12-10-9-11(14-4-13-10)16(5-15-9)7-1-2-8(3-7)17-6-18/h1-2,4-5,7-8H,3,6,18H2,(H2,12,13,14). The van der Waals surface area contributed by atoms with Crippen molar-refractivity contribution in [3.63, 3.8) is 0 Å². The average Bonchev–Trinajstić information content (AvgIpc) is 2.96. The quantitative estimate of drug-likeness (QED) is 0.663. The van der Waals surface area contributed by atoms with Gasteiger partial charge in [0.2, 0.25) is 0 Å². The van der Waals surface area contributed by atoms with Crippen LogP contribution in [0.5, 0.6) is 0 Å². The number of anilines is 1. The molecule has 18 heavy (non-hydrogen) atoms. The van der Waals surface area contributed by atoms with Crippen molar-refractivity contribution in [2.75, 3.05) is 12.1 Å². The first-order valence-corrected chi connectivity index (χ1v) is 6.54. The molecule has 1 aliphatic carbocycles. The summed E-state index contributed by atoms with van der Waals surface area (Å²) in [5, 5.41) is 0. The van der Waals surface area contributed by atoms with Crippen LogP contribution in [0.25, 0.3) is 11.2 Å². The Balaban J connectivity index is 1.92. The highest BCUT2D eigenvalue weighted by Gasteiger charge is 2.22. The second-order valence-corrected chi connectivity index (χ2v) is 4.48. The van der Waals surface area contributed by atoms with Gasteiger partial charge in [-0.1, -0.05) is 12.2 Å². The SMILES string of the molecule is Nc1ncnc2c1ncn2C1C=CC(OCP)C1. The fraction of sp³-hybridized carbons (Fsp3) is 0.364. The van der Waals surface area contributed by atoms with Gasteiger partial charge in [0.1, 0.15) is 11.8 Å². The Kier molecular flexibility index (Phi) is 2.97. The van der Waals surface area contributed by atoms with E-state index in [1.54, 1.807) is 6.33 Å². The van der Waals surface area contributed by atoms with Crippen LogP contribution in [-0.4, -0.2) is 32.0 Å². The van der Waals surface area contributed by atoms with Crippen LogP contribution >= 0.6 is 9.24 Å². The van der Waals surface area contributed by atoms with Gasteiger partial charge in [-0.05, 0) is 0 Å². The van der Waals surface area contributed by atoms with E-state index in [1.165, 1.54) is 6.33 Å². The smallest absolute Gasteiger partial charge is 0.165 e. The van der Waals surface area contributed by atoms with Crippen LogP contribution in [0.2, 0.25) is 0 Å². The summed E-state index contributed by atoms with van der Waals surface area (Å²) in [5.74, 6) is 0.415. The molecule has 0 aromatic carbocycles. The zero-order valence-corrected chi connectivity index (χ0v) is 10.9. The van der Waals surface area contributed by atoms with Crippen molar-refractivity contribution < 1.29 is 4.74 Å². The van der Waals surface area contributed by atoms with Crippen LogP contribution in [0.1, 0.15) is 12.5 Å². The summed E-state index contributed by atoms with van der Waals surface area (Å²) in [4.78, 5) is 12.5. The minimum atomic E-state index is 0.157. The maximum Gasteiger partial charge on any atom is 0.165 e. The van der Waals surface area contributed by atoms with Gasteiger partial charge in [0.05, 0.1) is 24.8 Å². The first-order valence-electron chi connectivity index (χ1n) is 5.72. The van der Waals surface area contributed by atoms with E-state index in [-0.39, 0.29) is 12.1 Å². The fourth-order valence-corrected chi connectivity index (χ4v) is 2.46. The molecular weight excluding hydrogens is 249 g/mol. The molecule has 1 aliphatic rings. The third-order valence-corrected chi connectivity index (χ3v) is 3.27. The highest BCUT2D eigenvalue weighted by Crippen LogP contribution is 2.28. The minimum Gasteiger partial charge on any atom is -0.382 e. The number of rotatable bonds is 3. The van der Waals surface area contributed by atoms with Crippen LogP contribution in [0.15, 0.2) is 24.8 Å². The number of nitrogens with zero attached hydrogens (tertiary/aromatic N) is 4. The van der Waals surface area contributed by atoms with Gasteiger partial charge in [-0.2, -0.15) is 0 Å². The number of aromatic nitrogens is 4. The summed E-state index contributed by atoms with van der Waals surface area (Å²) in [6.07, 6.45) is 9.10. The zero-order valence-electron chi connectivity index (χ0n) is 9.73. The Hall–Kier alpha value is -1.52. The molecule has 0 fully saturated rings. The van der Waals surface area contributed by atoms with Crippen LogP contribution < -0.4 is 5.73 Å². The summed E-state index contributed by atoms with van der Waals surface area (Å²) in [6, 6.07) is 0.214. The van der Waals surface area contributed by atoms with E-state index in [0.717, 1.165) is 12.1 Å². The van der Waals surface area contributed by atoms with Crippen LogP contribution in [0.4, 0.5) is 5.82 Å². The van der Waals surface area contributed by atoms with Gasteiger partial charge >= 0.3 is 0 Å². The van der Waals surface area contributed by atoms with E-state index < -0.39 is 0 Å². The van der Waals surface area contributed by atoms with Gasteiger partial charge < -0.3 is 15.0 Å². The Morgan fingerprint density at radius 1 is 1.39 bits per heavy atom. The number of fused-ring (bicyclic) bond motifs is 1. The number of imidazole rings is 1. The lowest BCUT2D eigenvalue weighted by Gasteiger charge is -2.13. The molecule has 2 aromatic rings. The van der Waals surface area contributed by atoms with Gasteiger partial charge in [0.15, 0.2) is 11.5 Å². The van der Waals surface area contributed by atoms with E-state index >= 15 is 0 Å². The van der Waals surface area contributed by atoms with Gasteiger partial charge in [0, 0.05) is 6.42 Å². The number of hydrogen-bond acceptors (Lipinski definition) is 5. The maximum absolute atomic E-state index is 5.77. The highest BCUT2D eigenvalue weighted by molar-refractivity contribution is 7.16. The van der Waals surface area contributed by atoms with E-state index in [9.17, 15) is 0 Å². The molecule has 3 unspecified atom stereocenters. The predicted molar refractivity (Wildman–Crippen MR) is 72.0 cm³/mol. The molecule has 0 saturated carbocycles. The van der Waals surface area contributed by atoms with E-state index in [4.69, 9.17) is 10.5 Å². The van der Waals surface area contributed by atoms with Crippen molar-refractivity contribution in [2.24, 2.45) is 0 Å². The minimum absolute atomic E-state index is 0.157. The topological polar surface area (TPSA) is 78.9 Å². The van der Waals surface area contributed by atoms with Gasteiger partial charge in [0.25, 0.3) is 0 Å². The lowest BCUT2D eigenvalue weighted by Crippen LogP contribution is -2.11. The number of nitrogen functional groups attached to an aromatic ring is 1. The molecule has 3 rings (SSSR count). The van der Waals surface area contributed by atoms with Crippen molar-refractivity contribution in [2.45, 2.75) is 18.6 Å². The van der Waals surface area contributed by atoms with Crippen molar-refractivity contribution in [3.8, 4) is 0 Å². The summed E-state index contributed by atoms with van der Waals surface area (Å²) in [7, 11) is 2.56. The second-order valence-electron chi connectivity index (χ2n) is 4.14. The number of ether oxygens (including phenoxy) is 1. The summed E-state index contributed by atoms with van der Waals surface area (Å²) in [5.41, 5.74) is 7.19. The third kappa shape index (κ3) is 1.87. The molecule has 2 N–H and O–H groups in total. The molecule has 2 heterocycles. The fourth-order valence-electron chi connectivity index (χ4n) is 2.21. The van der Waals surface area contributed by atoms with Gasteiger partial charge in [-0.3, -0.25) is 0 Å². The third-order valence-electron chi connectivity index (χ3n) is 3.08. The largest absolute Gasteiger partial charge is 0.382 e. The normalized spacial score (nSPS) is 22.9. The van der Waals surface area contributed by atoms with Crippen LogP contribution in [0.3, 0.4) is 0 Å². The monoisotopic (exact) mass is 263 g/mol. The average molecular weight is 263 g/mol. The van der Waals surface area contributed by atoms with E-state index in [1.807, 2.05) is 4.57 Å². The van der Waals surface area contributed by atoms with E-state index in [0.29, 0.717) is 17.7 Å². The predicted octanol–water partition coefficient (Wildman–Crippen LogP) is 1.13. The molecule has 0 spiro atoms. The van der Waals surface area contributed by atoms with Crippen molar-refractivity contribution in [3.05, 3.63) is 24.8 Å². The lowest BCUT2D eigenvalue weighted by atomic mass is 10.2. The molecule has 0 saturated heterocycles. The van der Waals surface area contributed by atoms with Crippen molar-refractivity contribution >= 4 is 26.2 Å². The highest BCUT2D eigenvalue weighted by atomic mass is 31.0. The summed E-state index contributed by atoms with van der Waals surface area (Å²) >= 11 is 0. The lowest BCUT2D eigenvalue weighted by molar-refractivity contribution is 0.120. The zero-order chi connectivity index (χ0) is 12.5. The van der Waals surface area contributed by atoms with Gasteiger partial charge in [-0.15, -0.1) is 9.24 Å². The number of nitrogens with two attached hydrogens (primary N) is 1. The van der Waals surface area contributed by atoms with E-state index in [2.05, 4.69) is 36.3 Å². The molecule has 0 radical (unpaired) electrons. The number of hydrogen-bond donors (Lipinski definition) is 1. The molecule has 0 aliphatic heterocycles. The molecule has 7 heteroatoms. The Labute approximate surface area is 106 Å². The summed E-state index contributed by atoms with van der Waals surface area (Å²) in [6.45, 7) is 0. The van der Waals surface area contributed by atoms with Gasteiger partial charge in [-0.25, -0.2) is 15.0 Å². The second kappa shape index (κ2) is 4.63. The first-order chi connectivity index (χ1) is 8.79. The Morgan fingerprint density at radius 3 is 3.11 bits per heavy atom. The molecule has 6 nitrogen and oxygen atoms in total. The molecule has 0 amide bonds. The molecule has 94 valence electrons. The Morgan fingerprint density at radius 2 is 2.28 bits per heavy atom. The van der Waals surface area contributed by atoms with Crippen LogP contribution in [0, 0.1) is 0 Å². The molecule has 3 atom stereocenters. The maximum atomic E-state index is 5.77. The summed E-state index contributed by atoms with van der Waals surface area (Å²) < 4.78 is 7.56. The van der Waals surface area contributed by atoms with Crippen molar-refractivity contribution in [1.82, 2.24) is 19.5 Å². The number of allylic oxidation sites excluding steroid dienone is 1.